The molecule has 5 nitrogen and oxygen atoms in total. The highest BCUT2D eigenvalue weighted by Gasteiger charge is 2.23. The van der Waals surface area contributed by atoms with Gasteiger partial charge < -0.3 is 15.3 Å². The third kappa shape index (κ3) is 2.09. The number of hydrogen-bond donors (Lipinski definition) is 2. The number of aliphatic carboxylic acids is 1. The normalized spacial score (nSPS) is 14.3. The number of amides is 1. The van der Waals surface area contributed by atoms with Crippen LogP contribution in [0.1, 0.15) is 0 Å². The number of benzene rings is 1. The molecule has 0 aromatic heterocycles. The quantitative estimate of drug-likeness (QED) is 0.815. The zero-order valence-corrected chi connectivity index (χ0v) is 8.99. The number of carbonyl (C=O) groups excluding carboxylic acids is 1. The fraction of sp³-hybridized carbons (Fsp3) is 0.200. The van der Waals surface area contributed by atoms with Crippen LogP contribution in [0.5, 0.6) is 0 Å². The van der Waals surface area contributed by atoms with Crippen molar-refractivity contribution in [3.8, 4) is 0 Å². The molecule has 0 fully saturated rings. The second kappa shape index (κ2) is 4.02. The van der Waals surface area contributed by atoms with Crippen LogP contribution in [0.25, 0.3) is 0 Å². The van der Waals surface area contributed by atoms with Gasteiger partial charge in [0.1, 0.15) is 6.54 Å². The highest BCUT2D eigenvalue weighted by Crippen LogP contribution is 2.31. The number of fused-ring (bicyclic) bond motifs is 1. The maximum Gasteiger partial charge on any atom is 0.323 e. The van der Waals surface area contributed by atoms with Crippen molar-refractivity contribution in [3.63, 3.8) is 0 Å². The minimum Gasteiger partial charge on any atom is -0.480 e. The first-order valence-electron chi connectivity index (χ1n) is 4.62. The SMILES string of the molecule is O=C(O)CN1CC(=O)Nc2cc(Cl)ccc21. The number of carbonyl (C=O) groups is 2. The van der Waals surface area contributed by atoms with Gasteiger partial charge >= 0.3 is 5.97 Å². The molecule has 1 aromatic rings. The molecule has 84 valence electrons. The van der Waals surface area contributed by atoms with Crippen molar-refractivity contribution in [2.45, 2.75) is 0 Å². The molecule has 0 bridgehead atoms. The number of anilines is 2. The summed E-state index contributed by atoms with van der Waals surface area (Å²) in [6.45, 7) is -0.164. The monoisotopic (exact) mass is 240 g/mol. The van der Waals surface area contributed by atoms with Gasteiger partial charge in [0.2, 0.25) is 5.91 Å². The minimum absolute atomic E-state index is 0.0426. The summed E-state index contributed by atoms with van der Waals surface area (Å²) in [6.07, 6.45) is 0. The van der Waals surface area contributed by atoms with Gasteiger partial charge in [-0.15, -0.1) is 0 Å². The van der Waals surface area contributed by atoms with E-state index in [2.05, 4.69) is 5.32 Å². The van der Waals surface area contributed by atoms with Crippen LogP contribution in [-0.4, -0.2) is 30.1 Å². The first kappa shape index (κ1) is 10.8. The van der Waals surface area contributed by atoms with E-state index in [1.165, 1.54) is 4.90 Å². The van der Waals surface area contributed by atoms with E-state index < -0.39 is 5.97 Å². The number of carboxylic acids is 1. The molecule has 2 rings (SSSR count). The summed E-state index contributed by atoms with van der Waals surface area (Å²) >= 11 is 5.79. The van der Waals surface area contributed by atoms with Crippen molar-refractivity contribution >= 4 is 34.9 Å². The van der Waals surface area contributed by atoms with Crippen LogP contribution in [0, 0.1) is 0 Å². The molecule has 0 aliphatic carbocycles. The largest absolute Gasteiger partial charge is 0.480 e. The fourth-order valence-electron chi connectivity index (χ4n) is 1.64. The van der Waals surface area contributed by atoms with E-state index in [0.717, 1.165) is 0 Å². The van der Waals surface area contributed by atoms with Gasteiger partial charge in [0.15, 0.2) is 0 Å². The van der Waals surface area contributed by atoms with Gasteiger partial charge in [0.25, 0.3) is 0 Å². The molecule has 0 unspecified atom stereocenters. The van der Waals surface area contributed by atoms with Gasteiger partial charge in [-0.2, -0.15) is 0 Å². The Morgan fingerprint density at radius 1 is 1.56 bits per heavy atom. The van der Waals surface area contributed by atoms with Crippen LogP contribution in [0.4, 0.5) is 11.4 Å². The standard InChI is InChI=1S/C10H9ClN2O3/c11-6-1-2-8-7(3-6)12-9(14)4-13(8)5-10(15)16/h1-3H,4-5H2,(H,12,14)(H,15,16). The molecule has 0 spiro atoms. The number of halogens is 1. The molecular weight excluding hydrogens is 232 g/mol. The van der Waals surface area contributed by atoms with E-state index >= 15 is 0 Å². The van der Waals surface area contributed by atoms with Gasteiger partial charge in [-0.05, 0) is 18.2 Å². The summed E-state index contributed by atoms with van der Waals surface area (Å²) in [5.74, 6) is -1.22. The third-order valence-electron chi connectivity index (χ3n) is 2.23. The number of nitrogens with one attached hydrogen (secondary N) is 1. The van der Waals surface area contributed by atoms with Crippen LogP contribution < -0.4 is 10.2 Å². The second-order valence-corrected chi connectivity index (χ2v) is 3.90. The molecule has 1 aliphatic rings. The minimum atomic E-state index is -0.976. The summed E-state index contributed by atoms with van der Waals surface area (Å²) in [7, 11) is 0. The second-order valence-electron chi connectivity index (χ2n) is 3.46. The number of nitrogens with zero attached hydrogens (tertiary/aromatic N) is 1. The lowest BCUT2D eigenvalue weighted by atomic mass is 10.2. The smallest absolute Gasteiger partial charge is 0.323 e. The molecule has 1 amide bonds. The molecule has 2 N–H and O–H groups in total. The molecular formula is C10H9ClN2O3. The van der Waals surface area contributed by atoms with E-state index in [1.54, 1.807) is 18.2 Å². The lowest BCUT2D eigenvalue weighted by Crippen LogP contribution is -2.41. The maximum absolute atomic E-state index is 11.3. The zero-order chi connectivity index (χ0) is 11.7. The summed E-state index contributed by atoms with van der Waals surface area (Å²) in [5.41, 5.74) is 1.22. The number of hydrogen-bond acceptors (Lipinski definition) is 3. The Labute approximate surface area is 96.6 Å². The highest BCUT2D eigenvalue weighted by molar-refractivity contribution is 6.31. The molecule has 0 saturated carbocycles. The van der Waals surface area contributed by atoms with Crippen molar-refractivity contribution in [2.75, 3.05) is 23.3 Å². The van der Waals surface area contributed by atoms with Crippen molar-refractivity contribution in [1.29, 1.82) is 0 Å². The predicted octanol–water partition coefficient (Wildman–Crippen LogP) is 1.18. The van der Waals surface area contributed by atoms with Gasteiger partial charge in [-0.25, -0.2) is 0 Å². The molecule has 0 radical (unpaired) electrons. The van der Waals surface area contributed by atoms with Crippen LogP contribution in [0.15, 0.2) is 18.2 Å². The summed E-state index contributed by atoms with van der Waals surface area (Å²) in [5, 5.41) is 11.9. The zero-order valence-electron chi connectivity index (χ0n) is 8.24. The Balaban J connectivity index is 2.37. The average molecular weight is 241 g/mol. The summed E-state index contributed by atoms with van der Waals surface area (Å²) in [4.78, 5) is 23.5. The average Bonchev–Trinajstić information content (AvgIpc) is 2.15. The maximum atomic E-state index is 11.3. The van der Waals surface area contributed by atoms with E-state index in [0.29, 0.717) is 16.4 Å². The Morgan fingerprint density at radius 3 is 3.00 bits per heavy atom. The van der Waals surface area contributed by atoms with Gasteiger partial charge in [-0.1, -0.05) is 11.6 Å². The summed E-state index contributed by atoms with van der Waals surface area (Å²) < 4.78 is 0. The lowest BCUT2D eigenvalue weighted by Gasteiger charge is -2.29. The molecule has 6 heteroatoms. The van der Waals surface area contributed by atoms with Gasteiger partial charge in [0.05, 0.1) is 17.9 Å². The Bertz CT molecular complexity index is 461. The fourth-order valence-corrected chi connectivity index (χ4v) is 1.81. The van der Waals surface area contributed by atoms with Crippen molar-refractivity contribution in [3.05, 3.63) is 23.2 Å². The Hall–Kier alpha value is -1.75. The number of rotatable bonds is 2. The topological polar surface area (TPSA) is 69.6 Å². The van der Waals surface area contributed by atoms with Crippen molar-refractivity contribution in [2.24, 2.45) is 0 Å². The van der Waals surface area contributed by atoms with E-state index in [-0.39, 0.29) is 19.0 Å². The molecule has 0 atom stereocenters. The molecule has 1 aromatic carbocycles. The van der Waals surface area contributed by atoms with Crippen LogP contribution >= 0.6 is 11.6 Å². The summed E-state index contributed by atoms with van der Waals surface area (Å²) in [6, 6.07) is 4.95. The lowest BCUT2D eigenvalue weighted by molar-refractivity contribution is -0.135. The molecule has 1 heterocycles. The van der Waals surface area contributed by atoms with Crippen LogP contribution in [0.2, 0.25) is 5.02 Å². The Kier molecular flexibility index (Phi) is 2.70. The predicted molar refractivity (Wildman–Crippen MR) is 59.9 cm³/mol. The first-order valence-corrected chi connectivity index (χ1v) is 5.00. The van der Waals surface area contributed by atoms with Crippen LogP contribution in [-0.2, 0) is 9.59 Å². The van der Waals surface area contributed by atoms with E-state index in [9.17, 15) is 9.59 Å². The third-order valence-corrected chi connectivity index (χ3v) is 2.47. The number of carboxylic acid groups (broad SMARTS) is 1. The van der Waals surface area contributed by atoms with E-state index in [4.69, 9.17) is 16.7 Å². The Morgan fingerprint density at radius 2 is 2.31 bits per heavy atom. The molecule has 0 saturated heterocycles. The highest BCUT2D eigenvalue weighted by atomic mass is 35.5. The van der Waals surface area contributed by atoms with E-state index in [1.807, 2.05) is 0 Å². The first-order chi connectivity index (χ1) is 7.56. The van der Waals surface area contributed by atoms with Crippen molar-refractivity contribution in [1.82, 2.24) is 0 Å². The molecule has 1 aliphatic heterocycles. The molecule has 16 heavy (non-hydrogen) atoms. The van der Waals surface area contributed by atoms with Crippen LogP contribution in [0.3, 0.4) is 0 Å². The van der Waals surface area contributed by atoms with Gasteiger partial charge in [-0.3, -0.25) is 9.59 Å². The van der Waals surface area contributed by atoms with Crippen molar-refractivity contribution < 1.29 is 14.7 Å². The van der Waals surface area contributed by atoms with Gasteiger partial charge in [0, 0.05) is 5.02 Å².